The van der Waals surface area contributed by atoms with E-state index in [1.807, 2.05) is 43.2 Å². The van der Waals surface area contributed by atoms with Gasteiger partial charge in [-0.3, -0.25) is 10.5 Å². The minimum Gasteiger partial charge on any atom is -0.308 e. The van der Waals surface area contributed by atoms with E-state index in [0.717, 1.165) is 28.8 Å². The van der Waals surface area contributed by atoms with Crippen LogP contribution in [0.5, 0.6) is 0 Å². The maximum Gasteiger partial charge on any atom is 0.0889 e. The lowest BCUT2D eigenvalue weighted by Gasteiger charge is -2.20. The van der Waals surface area contributed by atoms with Crippen LogP contribution in [0.25, 0.3) is 0 Å². The number of halogens is 1. The fourth-order valence-corrected chi connectivity index (χ4v) is 2.64. The summed E-state index contributed by atoms with van der Waals surface area (Å²) in [5.41, 5.74) is 5.04. The first kappa shape index (κ1) is 15.2. The third-order valence-electron chi connectivity index (χ3n) is 3.17. The smallest absolute Gasteiger partial charge is 0.0889 e. The zero-order valence-corrected chi connectivity index (χ0v) is 13.3. The number of hydrogen-bond donors (Lipinski definition) is 2. The average Bonchev–Trinajstić information content (AvgIpc) is 2.80. The summed E-state index contributed by atoms with van der Waals surface area (Å²) in [6.45, 7) is 1.74. The largest absolute Gasteiger partial charge is 0.308 e. The van der Waals surface area contributed by atoms with Crippen molar-refractivity contribution in [2.24, 2.45) is 5.84 Å². The molecule has 1 unspecified atom stereocenters. The van der Waals surface area contributed by atoms with Gasteiger partial charge in [0.1, 0.15) is 0 Å². The molecule has 1 heterocycles. The fraction of sp³-hybridized carbons (Fsp3) is 0.357. The molecule has 2 rings (SSSR count). The van der Waals surface area contributed by atoms with Gasteiger partial charge in [0.25, 0.3) is 0 Å². The van der Waals surface area contributed by atoms with Gasteiger partial charge in [-0.2, -0.15) is 5.10 Å². The van der Waals surface area contributed by atoms with Crippen molar-refractivity contribution in [3.8, 4) is 0 Å². The van der Waals surface area contributed by atoms with Gasteiger partial charge in [0.15, 0.2) is 0 Å². The first-order valence-corrected chi connectivity index (χ1v) is 7.29. The van der Waals surface area contributed by atoms with Crippen molar-refractivity contribution in [1.82, 2.24) is 20.1 Å². The second-order valence-electron chi connectivity index (χ2n) is 4.91. The van der Waals surface area contributed by atoms with Crippen molar-refractivity contribution in [2.75, 3.05) is 20.6 Å². The van der Waals surface area contributed by atoms with Crippen LogP contribution in [-0.2, 0) is 6.54 Å². The van der Waals surface area contributed by atoms with Crippen LogP contribution in [-0.4, -0.2) is 35.3 Å². The molecule has 3 N–H and O–H groups in total. The molecule has 0 fully saturated rings. The van der Waals surface area contributed by atoms with Crippen LogP contribution in [0.15, 0.2) is 41.0 Å². The first-order chi connectivity index (χ1) is 9.63. The highest BCUT2D eigenvalue weighted by molar-refractivity contribution is 9.10. The molecule has 5 nitrogen and oxygen atoms in total. The van der Waals surface area contributed by atoms with Crippen LogP contribution >= 0.6 is 15.9 Å². The molecule has 0 amide bonds. The molecule has 1 aromatic heterocycles. The van der Waals surface area contributed by atoms with Gasteiger partial charge in [0.05, 0.1) is 29.0 Å². The number of likely N-dealkylation sites (N-methyl/N-ethyl adjacent to an activating group) is 1. The topological polar surface area (TPSA) is 59.1 Å². The van der Waals surface area contributed by atoms with Gasteiger partial charge < -0.3 is 4.90 Å². The van der Waals surface area contributed by atoms with Crippen LogP contribution in [0.3, 0.4) is 0 Å². The molecule has 0 saturated heterocycles. The monoisotopic (exact) mass is 337 g/mol. The van der Waals surface area contributed by atoms with E-state index in [1.165, 1.54) is 0 Å². The molecule has 108 valence electrons. The minimum atomic E-state index is -0.0877. The Morgan fingerprint density at radius 2 is 2.05 bits per heavy atom. The SMILES string of the molecule is CN(C)CCn1ncc(Br)c1C(NN)c1ccccc1. The number of nitrogens with zero attached hydrogens (tertiary/aromatic N) is 3. The van der Waals surface area contributed by atoms with Crippen molar-refractivity contribution in [3.05, 3.63) is 52.3 Å². The van der Waals surface area contributed by atoms with Gasteiger partial charge in [0, 0.05) is 6.54 Å². The van der Waals surface area contributed by atoms with Crippen LogP contribution in [0.1, 0.15) is 17.3 Å². The van der Waals surface area contributed by atoms with Gasteiger partial charge in [-0.05, 0) is 35.6 Å². The predicted octanol–water partition coefficient (Wildman–Crippen LogP) is 1.76. The number of hydrazine groups is 1. The molecule has 0 aliphatic rings. The Kier molecular flexibility index (Phi) is 5.31. The Hall–Kier alpha value is -1.21. The van der Waals surface area contributed by atoms with Crippen LogP contribution < -0.4 is 11.3 Å². The standard InChI is InChI=1S/C14H20BrN5/c1-19(2)8-9-20-14(12(15)10-17-20)13(18-16)11-6-4-3-5-7-11/h3-7,10,13,18H,8-9,16H2,1-2H3. The van der Waals surface area contributed by atoms with E-state index in [-0.39, 0.29) is 6.04 Å². The third kappa shape index (κ3) is 3.46. The van der Waals surface area contributed by atoms with Crippen molar-refractivity contribution in [3.63, 3.8) is 0 Å². The van der Waals surface area contributed by atoms with E-state index in [2.05, 4.69) is 43.5 Å². The maximum absolute atomic E-state index is 5.77. The Morgan fingerprint density at radius 1 is 1.35 bits per heavy atom. The molecule has 0 aliphatic heterocycles. The van der Waals surface area contributed by atoms with Crippen LogP contribution in [0, 0.1) is 0 Å². The van der Waals surface area contributed by atoms with Gasteiger partial charge >= 0.3 is 0 Å². The number of hydrogen-bond acceptors (Lipinski definition) is 4. The molecule has 1 aromatic carbocycles. The maximum atomic E-state index is 5.77. The molecule has 0 saturated carbocycles. The summed E-state index contributed by atoms with van der Waals surface area (Å²) >= 11 is 3.57. The summed E-state index contributed by atoms with van der Waals surface area (Å²) < 4.78 is 2.95. The molecule has 6 heteroatoms. The highest BCUT2D eigenvalue weighted by Gasteiger charge is 2.20. The first-order valence-electron chi connectivity index (χ1n) is 6.50. The second-order valence-corrected chi connectivity index (χ2v) is 5.77. The van der Waals surface area contributed by atoms with Crippen molar-refractivity contribution in [1.29, 1.82) is 0 Å². The van der Waals surface area contributed by atoms with Gasteiger partial charge in [0.2, 0.25) is 0 Å². The molecule has 0 bridgehead atoms. The molecule has 20 heavy (non-hydrogen) atoms. The number of nitrogens with two attached hydrogens (primary N) is 1. The molecule has 0 aliphatic carbocycles. The Labute approximate surface area is 127 Å². The highest BCUT2D eigenvalue weighted by atomic mass is 79.9. The van der Waals surface area contributed by atoms with Crippen molar-refractivity contribution in [2.45, 2.75) is 12.6 Å². The van der Waals surface area contributed by atoms with Crippen LogP contribution in [0.2, 0.25) is 0 Å². The molecule has 2 aromatic rings. The normalized spacial score (nSPS) is 12.8. The van der Waals surface area contributed by atoms with Crippen molar-refractivity contribution >= 4 is 15.9 Å². The summed E-state index contributed by atoms with van der Waals surface area (Å²) in [6, 6.07) is 10.0. The molecular formula is C14H20BrN5. The van der Waals surface area contributed by atoms with Gasteiger partial charge in [-0.15, -0.1) is 0 Å². The molecule has 1 atom stereocenters. The van der Waals surface area contributed by atoms with E-state index in [9.17, 15) is 0 Å². The van der Waals surface area contributed by atoms with E-state index >= 15 is 0 Å². The Morgan fingerprint density at radius 3 is 2.65 bits per heavy atom. The average molecular weight is 338 g/mol. The number of aromatic nitrogens is 2. The van der Waals surface area contributed by atoms with Gasteiger partial charge in [-0.1, -0.05) is 30.3 Å². The highest BCUT2D eigenvalue weighted by Crippen LogP contribution is 2.27. The van der Waals surface area contributed by atoms with E-state index in [4.69, 9.17) is 5.84 Å². The summed E-state index contributed by atoms with van der Waals surface area (Å²) in [5.74, 6) is 5.77. The quantitative estimate of drug-likeness (QED) is 0.623. The fourth-order valence-electron chi connectivity index (χ4n) is 2.11. The third-order valence-corrected chi connectivity index (χ3v) is 3.78. The van der Waals surface area contributed by atoms with Crippen LogP contribution in [0.4, 0.5) is 0 Å². The lowest BCUT2D eigenvalue weighted by molar-refractivity contribution is 0.365. The lowest BCUT2D eigenvalue weighted by Crippen LogP contribution is -2.32. The molecular weight excluding hydrogens is 318 g/mol. The van der Waals surface area contributed by atoms with E-state index < -0.39 is 0 Å². The van der Waals surface area contributed by atoms with Crippen molar-refractivity contribution < 1.29 is 0 Å². The number of benzene rings is 1. The molecule has 0 spiro atoms. The predicted molar refractivity (Wildman–Crippen MR) is 84.1 cm³/mol. The zero-order valence-electron chi connectivity index (χ0n) is 11.8. The summed E-state index contributed by atoms with van der Waals surface area (Å²) in [7, 11) is 4.10. The Bertz CT molecular complexity index is 538. The number of nitrogens with one attached hydrogen (secondary N) is 1. The molecule has 0 radical (unpaired) electrons. The van der Waals surface area contributed by atoms with Gasteiger partial charge in [-0.25, -0.2) is 5.43 Å². The summed E-state index contributed by atoms with van der Waals surface area (Å²) in [5, 5.41) is 4.43. The number of rotatable bonds is 6. The summed E-state index contributed by atoms with van der Waals surface area (Å²) in [6.07, 6.45) is 1.82. The zero-order chi connectivity index (χ0) is 14.5. The van der Waals surface area contributed by atoms with E-state index in [1.54, 1.807) is 0 Å². The van der Waals surface area contributed by atoms with E-state index in [0.29, 0.717) is 0 Å². The minimum absolute atomic E-state index is 0.0877. The second kappa shape index (κ2) is 6.99. The lowest BCUT2D eigenvalue weighted by atomic mass is 10.0. The summed E-state index contributed by atoms with van der Waals surface area (Å²) in [4.78, 5) is 2.13. The Balaban J connectivity index is 2.32.